The molecule has 64 heavy (non-hydrogen) atoms. The average Bonchev–Trinajstić information content (AvgIpc) is 4.14. The fraction of sp³-hybridized carbons (Fsp3) is 0.0769. The van der Waals surface area contributed by atoms with E-state index in [0.29, 0.717) is 46.7 Å². The van der Waals surface area contributed by atoms with Crippen molar-refractivity contribution >= 4 is 33.6 Å². The van der Waals surface area contributed by atoms with Crippen molar-refractivity contribution in [1.82, 2.24) is 35.6 Å². The van der Waals surface area contributed by atoms with Crippen LogP contribution in [0.15, 0.2) is 162 Å². The van der Waals surface area contributed by atoms with E-state index in [1.165, 1.54) is 30.3 Å². The Kier molecular flexibility index (Phi) is 10.7. The summed E-state index contributed by atoms with van der Waals surface area (Å²) in [7, 11) is 0. The lowest BCUT2D eigenvalue weighted by molar-refractivity contribution is -0.120. The fourth-order valence-corrected chi connectivity index (χ4v) is 8.13. The molecule has 0 saturated heterocycles. The normalized spacial score (nSPS) is 11.3. The van der Waals surface area contributed by atoms with Crippen molar-refractivity contribution in [3.63, 3.8) is 0 Å². The van der Waals surface area contributed by atoms with Gasteiger partial charge in [0.05, 0.1) is 24.4 Å². The zero-order valence-corrected chi connectivity index (χ0v) is 34.2. The molecule has 2 amide bonds. The molecule has 0 aliphatic carbocycles. The van der Waals surface area contributed by atoms with Crippen molar-refractivity contribution in [3.05, 3.63) is 192 Å². The molecule has 0 aliphatic rings. The zero-order valence-electron chi connectivity index (χ0n) is 34.2. The molecule has 4 heterocycles. The van der Waals surface area contributed by atoms with Gasteiger partial charge in [0.2, 0.25) is 5.91 Å². The highest BCUT2D eigenvalue weighted by Crippen LogP contribution is 2.38. The number of para-hydroxylation sites is 2. The van der Waals surface area contributed by atoms with Crippen LogP contribution >= 0.6 is 0 Å². The summed E-state index contributed by atoms with van der Waals surface area (Å²) >= 11 is 0. The summed E-state index contributed by atoms with van der Waals surface area (Å²) in [5.41, 5.74) is 9.04. The van der Waals surface area contributed by atoms with Crippen molar-refractivity contribution in [2.75, 3.05) is 6.54 Å². The van der Waals surface area contributed by atoms with E-state index in [1.54, 1.807) is 12.1 Å². The summed E-state index contributed by atoms with van der Waals surface area (Å²) in [4.78, 5) is 46.1. The van der Waals surface area contributed by atoms with Gasteiger partial charge < -0.3 is 30.0 Å². The molecule has 0 atom stereocenters. The molecule has 0 bridgehead atoms. The molecule has 12 heteroatoms. The van der Waals surface area contributed by atoms with Crippen molar-refractivity contribution in [1.29, 1.82) is 0 Å². The number of benzene rings is 6. The molecule has 6 aromatic carbocycles. The number of rotatable bonds is 13. The smallest absolute Gasteiger partial charge is 0.307 e. The summed E-state index contributed by atoms with van der Waals surface area (Å²) in [6.45, 7) is 0.473. The van der Waals surface area contributed by atoms with Crippen molar-refractivity contribution in [2.45, 2.75) is 19.4 Å². The van der Waals surface area contributed by atoms with Crippen LogP contribution in [-0.2, 0) is 24.2 Å². The highest BCUT2D eigenvalue weighted by atomic mass is 19.1. The summed E-state index contributed by atoms with van der Waals surface area (Å²) < 4.78 is 36.5. The Morgan fingerprint density at radius 2 is 1.20 bits per heavy atom. The molecule has 0 radical (unpaired) electrons. The lowest BCUT2D eigenvalue weighted by atomic mass is 9.97. The maximum atomic E-state index is 15.8. The van der Waals surface area contributed by atoms with Crippen LogP contribution in [0.2, 0.25) is 0 Å². The maximum absolute atomic E-state index is 15.8. The molecule has 0 spiro atoms. The second-order valence-corrected chi connectivity index (χ2v) is 15.5. The quantitative estimate of drug-likeness (QED) is 0.0785. The molecule has 0 aliphatic heterocycles. The van der Waals surface area contributed by atoms with Gasteiger partial charge in [-0.05, 0) is 77.2 Å². The molecule has 5 N–H and O–H groups in total. The van der Waals surface area contributed by atoms with Gasteiger partial charge in [0, 0.05) is 63.0 Å². The third kappa shape index (κ3) is 8.19. The third-order valence-electron chi connectivity index (χ3n) is 11.2. The average molecular weight is 848 g/mol. The fourth-order valence-electron chi connectivity index (χ4n) is 8.13. The minimum Gasteiger partial charge on any atom is -0.432 e. The van der Waals surface area contributed by atoms with Gasteiger partial charge in [-0.1, -0.05) is 97.1 Å². The molecule has 314 valence electrons. The maximum Gasteiger partial charge on any atom is 0.307 e. The minimum atomic E-state index is -0.561. The van der Waals surface area contributed by atoms with Gasteiger partial charge in [-0.25, -0.2) is 18.7 Å². The number of hydrogen-bond acceptors (Lipinski definition) is 5. The van der Waals surface area contributed by atoms with E-state index < -0.39 is 17.5 Å². The van der Waals surface area contributed by atoms with E-state index in [1.807, 2.05) is 116 Å². The Bertz CT molecular complexity index is 3330. The molecule has 10 rings (SSSR count). The van der Waals surface area contributed by atoms with Crippen LogP contribution in [0.1, 0.15) is 27.6 Å². The summed E-state index contributed by atoms with van der Waals surface area (Å²) in [5.74, 6) is -1.33. The molecule has 0 unspecified atom stereocenters. The monoisotopic (exact) mass is 847 g/mol. The van der Waals surface area contributed by atoms with Crippen LogP contribution in [0.25, 0.3) is 78.0 Å². The van der Waals surface area contributed by atoms with Crippen molar-refractivity contribution in [3.8, 4) is 56.2 Å². The number of carbonyl (C=O) groups excluding carboxylic acids is 2. The number of oxazole rings is 1. The van der Waals surface area contributed by atoms with E-state index >= 15 is 4.39 Å². The SMILES string of the molecule is O=C(Cc1c[nH]c2ccccc12)NCc1nc(-c2cccc(-c3cc(F)cc(-c4oc(C(=O)NCCc5c[nH]c6ccccc56)nc4-c4cccc(F)c4)c3)c2)c(-c2ccccc2)[nH]1. The standard InChI is InChI=1S/C52H39F2N7O3/c53-39-15-9-14-34(24-39)49-50(64-52(61-49)51(63)55-21-20-35-28-56-43-18-6-4-16-41(35)43)37-23-36(25-40(54)26-37)32-12-8-13-33(22-32)48-47(31-10-2-1-3-11-31)59-45(60-48)30-58-46(62)27-38-29-57-44-19-7-5-17-42(38)44/h1-19,22-26,28-29,56-57H,20-21,27,30H2,(H,55,63)(H,58,62)(H,59,60). The van der Waals surface area contributed by atoms with Gasteiger partial charge in [0.25, 0.3) is 5.89 Å². The summed E-state index contributed by atoms with van der Waals surface area (Å²) in [5, 5.41) is 7.97. The van der Waals surface area contributed by atoms with Gasteiger partial charge in [-0.15, -0.1) is 0 Å². The van der Waals surface area contributed by atoms with E-state index in [4.69, 9.17) is 9.40 Å². The Labute approximate surface area is 365 Å². The number of amides is 2. The molecular weight excluding hydrogens is 809 g/mol. The van der Waals surface area contributed by atoms with Gasteiger partial charge in [0.15, 0.2) is 5.76 Å². The number of nitrogens with one attached hydrogen (secondary N) is 5. The van der Waals surface area contributed by atoms with Crippen LogP contribution in [-0.4, -0.2) is 43.3 Å². The number of fused-ring (bicyclic) bond motifs is 2. The van der Waals surface area contributed by atoms with E-state index in [-0.39, 0.29) is 36.2 Å². The number of aromatic amines is 3. The van der Waals surface area contributed by atoms with Crippen LogP contribution in [0.5, 0.6) is 0 Å². The first-order valence-corrected chi connectivity index (χ1v) is 20.8. The van der Waals surface area contributed by atoms with Crippen LogP contribution in [0, 0.1) is 11.6 Å². The zero-order chi connectivity index (χ0) is 43.6. The predicted octanol–water partition coefficient (Wildman–Crippen LogP) is 10.8. The lowest BCUT2D eigenvalue weighted by Gasteiger charge is -2.09. The Morgan fingerprint density at radius 1 is 0.578 bits per heavy atom. The number of H-pyrrole nitrogens is 3. The third-order valence-corrected chi connectivity index (χ3v) is 11.2. The topological polar surface area (TPSA) is 144 Å². The lowest BCUT2D eigenvalue weighted by Crippen LogP contribution is -2.25. The van der Waals surface area contributed by atoms with Crippen LogP contribution < -0.4 is 10.6 Å². The van der Waals surface area contributed by atoms with Crippen LogP contribution in [0.3, 0.4) is 0 Å². The van der Waals surface area contributed by atoms with E-state index in [0.717, 1.165) is 49.8 Å². The first-order chi connectivity index (χ1) is 31.3. The molecule has 0 saturated carbocycles. The first kappa shape index (κ1) is 39.7. The Hall–Kier alpha value is -8.38. The molecule has 10 nitrogen and oxygen atoms in total. The van der Waals surface area contributed by atoms with Crippen molar-refractivity contribution < 1.29 is 22.8 Å². The summed E-state index contributed by atoms with van der Waals surface area (Å²) in [6.07, 6.45) is 4.54. The number of halogens is 2. The minimum absolute atomic E-state index is 0.110. The second-order valence-electron chi connectivity index (χ2n) is 15.5. The van der Waals surface area contributed by atoms with Crippen molar-refractivity contribution in [2.24, 2.45) is 0 Å². The van der Waals surface area contributed by atoms with Crippen LogP contribution in [0.4, 0.5) is 8.78 Å². The largest absolute Gasteiger partial charge is 0.432 e. The number of nitrogens with zero attached hydrogens (tertiary/aromatic N) is 2. The second kappa shape index (κ2) is 17.2. The predicted molar refractivity (Wildman–Crippen MR) is 244 cm³/mol. The number of hydrogen-bond donors (Lipinski definition) is 5. The van der Waals surface area contributed by atoms with E-state index in [9.17, 15) is 14.0 Å². The molecule has 0 fully saturated rings. The van der Waals surface area contributed by atoms with Gasteiger partial charge in [0.1, 0.15) is 23.2 Å². The van der Waals surface area contributed by atoms with E-state index in [2.05, 4.69) is 30.6 Å². The number of imidazole rings is 1. The van der Waals surface area contributed by atoms with Gasteiger partial charge in [-0.2, -0.15) is 0 Å². The van der Waals surface area contributed by atoms with Gasteiger partial charge in [-0.3, -0.25) is 9.59 Å². The Morgan fingerprint density at radius 3 is 1.98 bits per heavy atom. The number of carbonyl (C=O) groups is 2. The highest BCUT2D eigenvalue weighted by molar-refractivity contribution is 5.93. The molecular formula is C52H39F2N7O3. The molecule has 10 aromatic rings. The summed E-state index contributed by atoms with van der Waals surface area (Å²) in [6, 6.07) is 43.4. The highest BCUT2D eigenvalue weighted by Gasteiger charge is 2.24. The number of aromatic nitrogens is 5. The first-order valence-electron chi connectivity index (χ1n) is 20.8. The molecule has 4 aromatic heterocycles. The van der Waals surface area contributed by atoms with Gasteiger partial charge >= 0.3 is 5.91 Å². The Balaban J connectivity index is 0.937.